The molecule has 0 fully saturated rings. The molecule has 1 aliphatic heterocycles. The standard InChI is InChI=1S/C18H21NO2/c1-13-7-8-17(20)16(11-13)14(2)19-9-10-21-18-6-4-3-5-15(18)12-19/h3-8,11,14,20H,9-10,12H2,1-2H3. The molecule has 0 spiro atoms. The largest absolute Gasteiger partial charge is 0.508 e. The van der Waals surface area contributed by atoms with Crippen LogP contribution in [0.4, 0.5) is 0 Å². The van der Waals surface area contributed by atoms with Crippen molar-refractivity contribution in [3.8, 4) is 11.5 Å². The molecule has 1 unspecified atom stereocenters. The molecule has 1 atom stereocenters. The second kappa shape index (κ2) is 5.78. The van der Waals surface area contributed by atoms with E-state index in [1.54, 1.807) is 6.07 Å². The molecule has 0 radical (unpaired) electrons. The first-order valence-corrected chi connectivity index (χ1v) is 7.39. The topological polar surface area (TPSA) is 32.7 Å². The fourth-order valence-electron chi connectivity index (χ4n) is 2.88. The molecule has 2 aromatic carbocycles. The Kier molecular flexibility index (Phi) is 3.84. The molecular formula is C18H21NO2. The molecular weight excluding hydrogens is 262 g/mol. The Morgan fingerprint density at radius 1 is 1.19 bits per heavy atom. The molecule has 0 aliphatic carbocycles. The predicted octanol–water partition coefficient (Wildman–Crippen LogP) is 3.66. The van der Waals surface area contributed by atoms with Crippen molar-refractivity contribution < 1.29 is 9.84 Å². The Morgan fingerprint density at radius 2 is 2.00 bits per heavy atom. The average molecular weight is 283 g/mol. The second-order valence-electron chi connectivity index (χ2n) is 5.66. The van der Waals surface area contributed by atoms with Crippen LogP contribution in [0.25, 0.3) is 0 Å². The highest BCUT2D eigenvalue weighted by molar-refractivity contribution is 5.38. The van der Waals surface area contributed by atoms with Crippen molar-refractivity contribution in [2.75, 3.05) is 13.2 Å². The number of phenolic OH excluding ortho intramolecular Hbond substituents is 1. The lowest BCUT2D eigenvalue weighted by molar-refractivity contribution is 0.177. The van der Waals surface area contributed by atoms with E-state index in [4.69, 9.17) is 4.74 Å². The van der Waals surface area contributed by atoms with Gasteiger partial charge in [-0.2, -0.15) is 0 Å². The van der Waals surface area contributed by atoms with Crippen molar-refractivity contribution in [1.82, 2.24) is 4.90 Å². The van der Waals surface area contributed by atoms with Crippen LogP contribution in [-0.2, 0) is 6.54 Å². The number of rotatable bonds is 2. The fourth-order valence-corrected chi connectivity index (χ4v) is 2.88. The first-order chi connectivity index (χ1) is 10.1. The van der Waals surface area contributed by atoms with E-state index in [2.05, 4.69) is 30.9 Å². The molecule has 0 bridgehead atoms. The molecule has 2 aromatic rings. The third kappa shape index (κ3) is 2.88. The minimum Gasteiger partial charge on any atom is -0.508 e. The number of fused-ring (bicyclic) bond motifs is 1. The first-order valence-electron chi connectivity index (χ1n) is 7.39. The van der Waals surface area contributed by atoms with Crippen LogP contribution in [0.5, 0.6) is 11.5 Å². The number of aromatic hydroxyl groups is 1. The first kappa shape index (κ1) is 14.0. The smallest absolute Gasteiger partial charge is 0.123 e. The number of aryl methyl sites for hydroxylation is 1. The normalized spacial score (nSPS) is 16.7. The molecule has 110 valence electrons. The van der Waals surface area contributed by atoms with E-state index in [-0.39, 0.29) is 6.04 Å². The highest BCUT2D eigenvalue weighted by Crippen LogP contribution is 2.32. The zero-order valence-corrected chi connectivity index (χ0v) is 12.5. The minimum absolute atomic E-state index is 0.152. The zero-order valence-electron chi connectivity index (χ0n) is 12.5. The summed E-state index contributed by atoms with van der Waals surface area (Å²) >= 11 is 0. The fraction of sp³-hybridized carbons (Fsp3) is 0.333. The molecule has 0 saturated heterocycles. The highest BCUT2D eigenvalue weighted by atomic mass is 16.5. The van der Waals surface area contributed by atoms with Gasteiger partial charge in [0.1, 0.15) is 18.1 Å². The van der Waals surface area contributed by atoms with Crippen LogP contribution >= 0.6 is 0 Å². The van der Waals surface area contributed by atoms with E-state index in [1.807, 2.05) is 24.3 Å². The van der Waals surface area contributed by atoms with Crippen molar-refractivity contribution >= 4 is 0 Å². The summed E-state index contributed by atoms with van der Waals surface area (Å²) < 4.78 is 5.81. The quantitative estimate of drug-likeness (QED) is 0.913. The lowest BCUT2D eigenvalue weighted by Crippen LogP contribution is -2.28. The van der Waals surface area contributed by atoms with Gasteiger partial charge in [-0.1, -0.05) is 35.9 Å². The SMILES string of the molecule is Cc1ccc(O)c(C(C)N2CCOc3ccccc3C2)c1. The van der Waals surface area contributed by atoms with Gasteiger partial charge in [0.2, 0.25) is 0 Å². The molecule has 1 N–H and O–H groups in total. The van der Waals surface area contributed by atoms with Gasteiger partial charge in [0.25, 0.3) is 0 Å². The molecule has 21 heavy (non-hydrogen) atoms. The van der Waals surface area contributed by atoms with Gasteiger partial charge in [-0.3, -0.25) is 4.90 Å². The van der Waals surface area contributed by atoms with E-state index < -0.39 is 0 Å². The summed E-state index contributed by atoms with van der Waals surface area (Å²) in [6, 6.07) is 14.1. The van der Waals surface area contributed by atoms with Gasteiger partial charge in [0.15, 0.2) is 0 Å². The van der Waals surface area contributed by atoms with Crippen LogP contribution in [0.2, 0.25) is 0 Å². The number of benzene rings is 2. The number of para-hydroxylation sites is 1. The lowest BCUT2D eigenvalue weighted by Gasteiger charge is -2.28. The lowest BCUT2D eigenvalue weighted by atomic mass is 10.0. The van der Waals surface area contributed by atoms with Crippen LogP contribution < -0.4 is 4.74 Å². The van der Waals surface area contributed by atoms with Gasteiger partial charge >= 0.3 is 0 Å². The van der Waals surface area contributed by atoms with Crippen molar-refractivity contribution in [2.45, 2.75) is 26.4 Å². The zero-order chi connectivity index (χ0) is 14.8. The van der Waals surface area contributed by atoms with Crippen LogP contribution in [0.3, 0.4) is 0 Å². The van der Waals surface area contributed by atoms with Crippen LogP contribution in [-0.4, -0.2) is 23.2 Å². The summed E-state index contributed by atoms with van der Waals surface area (Å²) in [7, 11) is 0. The number of hydrogen-bond acceptors (Lipinski definition) is 3. The average Bonchev–Trinajstić information content (AvgIpc) is 2.71. The van der Waals surface area contributed by atoms with Gasteiger partial charge in [-0.15, -0.1) is 0 Å². The van der Waals surface area contributed by atoms with Gasteiger partial charge < -0.3 is 9.84 Å². The molecule has 0 amide bonds. The van der Waals surface area contributed by atoms with Crippen LogP contribution in [0.1, 0.15) is 29.7 Å². The summed E-state index contributed by atoms with van der Waals surface area (Å²) in [5.41, 5.74) is 3.35. The third-order valence-corrected chi connectivity index (χ3v) is 4.16. The molecule has 0 aromatic heterocycles. The number of phenols is 1. The molecule has 3 rings (SSSR count). The van der Waals surface area contributed by atoms with Crippen LogP contribution in [0.15, 0.2) is 42.5 Å². The Labute approximate surface area is 125 Å². The number of nitrogens with zero attached hydrogens (tertiary/aromatic N) is 1. The van der Waals surface area contributed by atoms with Gasteiger partial charge in [0, 0.05) is 30.3 Å². The van der Waals surface area contributed by atoms with E-state index in [1.165, 1.54) is 11.1 Å². The van der Waals surface area contributed by atoms with E-state index >= 15 is 0 Å². The van der Waals surface area contributed by atoms with E-state index in [0.717, 1.165) is 24.4 Å². The van der Waals surface area contributed by atoms with E-state index in [0.29, 0.717) is 12.4 Å². The predicted molar refractivity (Wildman–Crippen MR) is 83.6 cm³/mol. The summed E-state index contributed by atoms with van der Waals surface area (Å²) in [4.78, 5) is 2.35. The Bertz CT molecular complexity index is 639. The van der Waals surface area contributed by atoms with Gasteiger partial charge in [-0.25, -0.2) is 0 Å². The highest BCUT2D eigenvalue weighted by Gasteiger charge is 2.22. The minimum atomic E-state index is 0.152. The molecule has 3 heteroatoms. The van der Waals surface area contributed by atoms with Crippen molar-refractivity contribution in [1.29, 1.82) is 0 Å². The molecule has 1 heterocycles. The maximum absolute atomic E-state index is 10.1. The summed E-state index contributed by atoms with van der Waals surface area (Å²) in [5, 5.41) is 10.1. The molecule has 3 nitrogen and oxygen atoms in total. The Morgan fingerprint density at radius 3 is 2.86 bits per heavy atom. The van der Waals surface area contributed by atoms with Gasteiger partial charge in [-0.05, 0) is 26.0 Å². The van der Waals surface area contributed by atoms with Crippen LogP contribution in [0, 0.1) is 6.92 Å². The van der Waals surface area contributed by atoms with E-state index in [9.17, 15) is 5.11 Å². The van der Waals surface area contributed by atoms with Crippen molar-refractivity contribution in [3.63, 3.8) is 0 Å². The summed E-state index contributed by atoms with van der Waals surface area (Å²) in [5.74, 6) is 1.34. The molecule has 0 saturated carbocycles. The third-order valence-electron chi connectivity index (χ3n) is 4.16. The maximum Gasteiger partial charge on any atom is 0.123 e. The van der Waals surface area contributed by atoms with Crippen molar-refractivity contribution in [2.24, 2.45) is 0 Å². The van der Waals surface area contributed by atoms with Gasteiger partial charge in [0.05, 0.1) is 0 Å². The monoisotopic (exact) mass is 283 g/mol. The number of ether oxygens (including phenoxy) is 1. The Hall–Kier alpha value is -2.00. The summed E-state index contributed by atoms with van der Waals surface area (Å²) in [6.07, 6.45) is 0. The Balaban J connectivity index is 1.88. The second-order valence-corrected chi connectivity index (χ2v) is 5.66. The van der Waals surface area contributed by atoms with Crippen molar-refractivity contribution in [3.05, 3.63) is 59.2 Å². The maximum atomic E-state index is 10.1. The summed E-state index contributed by atoms with van der Waals surface area (Å²) in [6.45, 7) is 6.56. The number of hydrogen-bond donors (Lipinski definition) is 1. The molecule has 1 aliphatic rings.